The highest BCUT2D eigenvalue weighted by atomic mass is 16.4. The predicted octanol–water partition coefficient (Wildman–Crippen LogP) is 3.03. The molecule has 0 unspecified atom stereocenters. The molecule has 1 aromatic carbocycles. The van der Waals surface area contributed by atoms with Gasteiger partial charge < -0.3 is 14.2 Å². The Morgan fingerprint density at radius 3 is 2.45 bits per heavy atom. The van der Waals surface area contributed by atoms with E-state index < -0.39 is 0 Å². The molecule has 1 aromatic heterocycles. The smallest absolute Gasteiger partial charge is 0.293 e. The first-order valence-electron chi connectivity index (χ1n) is 7.69. The fourth-order valence-electron chi connectivity index (χ4n) is 2.68. The van der Waals surface area contributed by atoms with Crippen LogP contribution in [0.4, 0.5) is 5.82 Å². The summed E-state index contributed by atoms with van der Waals surface area (Å²) < 4.78 is 5.83. The number of aromatic nitrogens is 1. The molecule has 1 aliphatic rings. The summed E-state index contributed by atoms with van der Waals surface area (Å²) in [5.41, 5.74) is 0.888. The average Bonchev–Trinajstić information content (AvgIpc) is 3.01. The molecule has 5 heteroatoms. The van der Waals surface area contributed by atoms with Gasteiger partial charge in [-0.15, -0.1) is 0 Å². The van der Waals surface area contributed by atoms with Crippen LogP contribution in [0.5, 0.6) is 0 Å². The van der Waals surface area contributed by atoms with Crippen LogP contribution in [0.1, 0.15) is 29.8 Å². The zero-order valence-electron chi connectivity index (χ0n) is 13.1. The van der Waals surface area contributed by atoms with Crippen LogP contribution in [-0.2, 0) is 0 Å². The minimum absolute atomic E-state index is 0.143. The van der Waals surface area contributed by atoms with E-state index >= 15 is 0 Å². The molecular weight excluding hydrogens is 278 g/mol. The first kappa shape index (κ1) is 14.6. The van der Waals surface area contributed by atoms with Gasteiger partial charge in [0, 0.05) is 32.7 Å². The molecule has 2 aromatic rings. The quantitative estimate of drug-likeness (QED) is 0.874. The summed E-state index contributed by atoms with van der Waals surface area (Å²) in [5.74, 6) is 1.38. The number of carbonyl (C=O) groups excluding carboxylic acids is 1. The lowest BCUT2D eigenvalue weighted by Gasteiger charge is -2.27. The topological polar surface area (TPSA) is 49.6 Å². The van der Waals surface area contributed by atoms with Gasteiger partial charge in [-0.05, 0) is 31.4 Å². The highest BCUT2D eigenvalue weighted by Crippen LogP contribution is 2.30. The summed E-state index contributed by atoms with van der Waals surface area (Å²) in [4.78, 5) is 20.7. The molecule has 3 rings (SSSR count). The van der Waals surface area contributed by atoms with Crippen molar-refractivity contribution < 1.29 is 9.21 Å². The maximum atomic E-state index is 12.4. The third-order valence-corrected chi connectivity index (χ3v) is 3.89. The summed E-state index contributed by atoms with van der Waals surface area (Å²) in [6.07, 6.45) is 3.49. The monoisotopic (exact) mass is 299 g/mol. The maximum Gasteiger partial charge on any atom is 0.293 e. The Labute approximate surface area is 130 Å². The van der Waals surface area contributed by atoms with Gasteiger partial charge in [0.05, 0.1) is 0 Å². The van der Waals surface area contributed by atoms with E-state index in [1.54, 1.807) is 14.1 Å². The summed E-state index contributed by atoms with van der Waals surface area (Å²) >= 11 is 0. The molecule has 0 N–H and O–H groups in total. The molecule has 0 bridgehead atoms. The molecule has 1 aliphatic heterocycles. The lowest BCUT2D eigenvalue weighted by atomic mass is 10.1. The highest BCUT2D eigenvalue weighted by Gasteiger charge is 2.27. The number of anilines is 1. The lowest BCUT2D eigenvalue weighted by molar-refractivity contribution is 0.0798. The number of benzene rings is 1. The van der Waals surface area contributed by atoms with Crippen LogP contribution in [0, 0.1) is 0 Å². The standard InChI is InChI=1S/C17H21N3O2/c1-19(2)17(21)14-15(20-11-7-4-8-12-20)18-16(22-14)13-9-5-3-6-10-13/h3,5-6,9-10H,4,7-8,11-12H2,1-2H3. The molecule has 1 fully saturated rings. The van der Waals surface area contributed by atoms with Crippen molar-refractivity contribution >= 4 is 11.7 Å². The molecule has 116 valence electrons. The molecule has 0 saturated carbocycles. The van der Waals surface area contributed by atoms with Gasteiger partial charge in [0.15, 0.2) is 5.82 Å². The maximum absolute atomic E-state index is 12.4. The van der Waals surface area contributed by atoms with Gasteiger partial charge in [0.25, 0.3) is 5.91 Å². The van der Waals surface area contributed by atoms with Crippen molar-refractivity contribution in [3.8, 4) is 11.5 Å². The third kappa shape index (κ3) is 2.84. The second-order valence-corrected chi connectivity index (χ2v) is 5.79. The molecule has 0 spiro atoms. The number of hydrogen-bond acceptors (Lipinski definition) is 4. The van der Waals surface area contributed by atoms with E-state index in [9.17, 15) is 4.79 Å². The fraction of sp³-hybridized carbons (Fsp3) is 0.412. The Balaban J connectivity index is 2.02. The SMILES string of the molecule is CN(C)C(=O)c1oc(-c2ccccc2)nc1N1CCCCC1. The van der Waals surface area contributed by atoms with Crippen molar-refractivity contribution in [1.82, 2.24) is 9.88 Å². The van der Waals surface area contributed by atoms with Crippen LogP contribution in [0.3, 0.4) is 0 Å². The normalized spacial score (nSPS) is 14.9. The molecule has 0 atom stereocenters. The molecule has 22 heavy (non-hydrogen) atoms. The Morgan fingerprint density at radius 1 is 1.14 bits per heavy atom. The Morgan fingerprint density at radius 2 is 1.82 bits per heavy atom. The van der Waals surface area contributed by atoms with Crippen molar-refractivity contribution in [2.45, 2.75) is 19.3 Å². The minimum atomic E-state index is -0.143. The van der Waals surface area contributed by atoms with Gasteiger partial charge in [-0.1, -0.05) is 18.2 Å². The second-order valence-electron chi connectivity index (χ2n) is 5.79. The third-order valence-electron chi connectivity index (χ3n) is 3.89. The fourth-order valence-corrected chi connectivity index (χ4v) is 2.68. The van der Waals surface area contributed by atoms with Crippen molar-refractivity contribution in [3.05, 3.63) is 36.1 Å². The van der Waals surface area contributed by atoms with Crippen molar-refractivity contribution in [2.75, 3.05) is 32.1 Å². The van der Waals surface area contributed by atoms with E-state index in [1.165, 1.54) is 11.3 Å². The van der Waals surface area contributed by atoms with Crippen molar-refractivity contribution in [1.29, 1.82) is 0 Å². The lowest BCUT2D eigenvalue weighted by Crippen LogP contribution is -2.32. The van der Waals surface area contributed by atoms with Gasteiger partial charge >= 0.3 is 0 Å². The van der Waals surface area contributed by atoms with Gasteiger partial charge in [-0.2, -0.15) is 4.98 Å². The largest absolute Gasteiger partial charge is 0.429 e. The van der Waals surface area contributed by atoms with Crippen molar-refractivity contribution in [2.24, 2.45) is 0 Å². The summed E-state index contributed by atoms with van der Waals surface area (Å²) in [6.45, 7) is 1.85. The summed E-state index contributed by atoms with van der Waals surface area (Å²) in [6, 6.07) is 9.70. The zero-order chi connectivity index (χ0) is 15.5. The number of nitrogens with zero attached hydrogens (tertiary/aromatic N) is 3. The van der Waals surface area contributed by atoms with Gasteiger partial charge in [-0.3, -0.25) is 4.79 Å². The number of oxazole rings is 1. The average molecular weight is 299 g/mol. The number of carbonyl (C=O) groups is 1. The Bertz CT molecular complexity index is 643. The highest BCUT2D eigenvalue weighted by molar-refractivity contribution is 5.96. The summed E-state index contributed by atoms with van der Waals surface area (Å²) in [7, 11) is 3.46. The number of amides is 1. The van der Waals surface area contributed by atoms with Gasteiger partial charge in [-0.25, -0.2) is 0 Å². The van der Waals surface area contributed by atoms with Crippen LogP contribution >= 0.6 is 0 Å². The molecule has 1 amide bonds. The van der Waals surface area contributed by atoms with Crippen LogP contribution in [0.15, 0.2) is 34.7 Å². The minimum Gasteiger partial charge on any atom is -0.429 e. The van der Waals surface area contributed by atoms with E-state index in [0.29, 0.717) is 17.5 Å². The second kappa shape index (κ2) is 6.22. The van der Waals surface area contributed by atoms with E-state index in [4.69, 9.17) is 4.42 Å². The van der Waals surface area contributed by atoms with Crippen LogP contribution in [0.2, 0.25) is 0 Å². The predicted molar refractivity (Wildman–Crippen MR) is 86.0 cm³/mol. The molecule has 5 nitrogen and oxygen atoms in total. The van der Waals surface area contributed by atoms with E-state index in [1.807, 2.05) is 30.3 Å². The van der Waals surface area contributed by atoms with Crippen LogP contribution in [-0.4, -0.2) is 43.0 Å². The molecule has 0 aliphatic carbocycles. The van der Waals surface area contributed by atoms with Gasteiger partial charge in [0.1, 0.15) is 0 Å². The number of hydrogen-bond donors (Lipinski definition) is 0. The molecule has 1 saturated heterocycles. The van der Waals surface area contributed by atoms with Crippen LogP contribution < -0.4 is 4.90 Å². The van der Waals surface area contributed by atoms with Crippen molar-refractivity contribution in [3.63, 3.8) is 0 Å². The Kier molecular flexibility index (Phi) is 4.13. The van der Waals surface area contributed by atoms with E-state index in [2.05, 4.69) is 9.88 Å². The first-order chi connectivity index (χ1) is 10.7. The Hall–Kier alpha value is -2.30. The zero-order valence-corrected chi connectivity index (χ0v) is 13.1. The molecular formula is C17H21N3O2. The first-order valence-corrected chi connectivity index (χ1v) is 7.69. The molecule has 0 radical (unpaired) electrons. The van der Waals surface area contributed by atoms with Gasteiger partial charge in [0.2, 0.25) is 11.7 Å². The van der Waals surface area contributed by atoms with E-state index in [-0.39, 0.29) is 5.91 Å². The number of rotatable bonds is 3. The summed E-state index contributed by atoms with van der Waals surface area (Å²) in [5, 5.41) is 0. The molecule has 2 heterocycles. The number of piperidine rings is 1. The van der Waals surface area contributed by atoms with Crippen LogP contribution in [0.25, 0.3) is 11.5 Å². The van der Waals surface area contributed by atoms with E-state index in [0.717, 1.165) is 31.5 Å².